The Morgan fingerprint density at radius 2 is 2.00 bits per heavy atom. The quantitative estimate of drug-likeness (QED) is 0.613. The number of hydrogen-bond donors (Lipinski definition) is 1. The molecular weight excluding hydrogens is 266 g/mol. The van der Waals surface area contributed by atoms with E-state index in [9.17, 15) is 0 Å². The molecule has 102 valence electrons. The van der Waals surface area contributed by atoms with Crippen molar-refractivity contribution in [3.8, 4) is 0 Å². The van der Waals surface area contributed by atoms with Crippen LogP contribution >= 0.6 is 0 Å². The fraction of sp³-hybridized carbons (Fsp3) is 0.0714. The fourth-order valence-electron chi connectivity index (χ4n) is 2.24. The minimum Gasteiger partial charge on any atom is -0.364 e. The van der Waals surface area contributed by atoms with Crippen molar-refractivity contribution in [1.82, 2.24) is 30.2 Å². The van der Waals surface area contributed by atoms with E-state index in [1.165, 1.54) is 10.2 Å². The Hall–Kier alpha value is -3.09. The lowest BCUT2D eigenvalue weighted by molar-refractivity contribution is 0.734. The molecule has 0 radical (unpaired) electrons. The first-order valence-electron chi connectivity index (χ1n) is 6.52. The molecular formula is C14H11N7. The summed E-state index contributed by atoms with van der Waals surface area (Å²) < 4.78 is 1.40. The average molecular weight is 277 g/mol. The SMILES string of the molecule is c1ccc2c(CNc3ccc4nnnn4n3)ccnc2c1. The van der Waals surface area contributed by atoms with E-state index in [-0.39, 0.29) is 0 Å². The molecule has 0 atom stereocenters. The van der Waals surface area contributed by atoms with Crippen molar-refractivity contribution < 1.29 is 0 Å². The third-order valence-electron chi connectivity index (χ3n) is 3.27. The highest BCUT2D eigenvalue weighted by atomic mass is 15.6. The van der Waals surface area contributed by atoms with Crippen LogP contribution in [0.2, 0.25) is 0 Å². The van der Waals surface area contributed by atoms with Gasteiger partial charge in [0.05, 0.1) is 5.52 Å². The highest BCUT2D eigenvalue weighted by Gasteiger charge is 2.03. The summed E-state index contributed by atoms with van der Waals surface area (Å²) in [5.41, 5.74) is 2.77. The van der Waals surface area contributed by atoms with Crippen molar-refractivity contribution in [3.05, 3.63) is 54.2 Å². The van der Waals surface area contributed by atoms with Gasteiger partial charge in [-0.2, -0.15) is 0 Å². The lowest BCUT2D eigenvalue weighted by Crippen LogP contribution is -2.05. The Bertz CT molecular complexity index is 910. The van der Waals surface area contributed by atoms with Gasteiger partial charge in [0.2, 0.25) is 0 Å². The molecule has 0 amide bonds. The van der Waals surface area contributed by atoms with Gasteiger partial charge in [0, 0.05) is 18.1 Å². The van der Waals surface area contributed by atoms with E-state index in [0.717, 1.165) is 16.7 Å². The first-order valence-corrected chi connectivity index (χ1v) is 6.52. The predicted octanol–water partition coefficient (Wildman–Crippen LogP) is 1.68. The molecule has 0 bridgehead atoms. The maximum atomic E-state index is 4.36. The van der Waals surface area contributed by atoms with E-state index < -0.39 is 0 Å². The van der Waals surface area contributed by atoms with Crippen LogP contribution in [-0.2, 0) is 6.54 Å². The van der Waals surface area contributed by atoms with Gasteiger partial charge in [-0.05, 0) is 40.3 Å². The van der Waals surface area contributed by atoms with Gasteiger partial charge >= 0.3 is 0 Å². The predicted molar refractivity (Wildman–Crippen MR) is 77.6 cm³/mol. The molecule has 7 nitrogen and oxygen atoms in total. The zero-order valence-corrected chi connectivity index (χ0v) is 11.0. The number of nitrogens with zero attached hydrogens (tertiary/aromatic N) is 6. The first-order chi connectivity index (χ1) is 10.4. The van der Waals surface area contributed by atoms with Crippen LogP contribution in [0.25, 0.3) is 16.6 Å². The average Bonchev–Trinajstić information content (AvgIpc) is 3.00. The van der Waals surface area contributed by atoms with E-state index in [2.05, 4.69) is 37.0 Å². The number of pyridine rings is 1. The molecule has 21 heavy (non-hydrogen) atoms. The van der Waals surface area contributed by atoms with E-state index in [0.29, 0.717) is 12.2 Å². The number of hydrogen-bond acceptors (Lipinski definition) is 6. The molecule has 1 N–H and O–H groups in total. The van der Waals surface area contributed by atoms with Crippen LogP contribution in [0.1, 0.15) is 5.56 Å². The van der Waals surface area contributed by atoms with Crippen molar-refractivity contribution in [2.24, 2.45) is 0 Å². The van der Waals surface area contributed by atoms with Crippen molar-refractivity contribution in [3.63, 3.8) is 0 Å². The number of benzene rings is 1. The molecule has 0 unspecified atom stereocenters. The zero-order chi connectivity index (χ0) is 14.1. The fourth-order valence-corrected chi connectivity index (χ4v) is 2.24. The lowest BCUT2D eigenvalue weighted by atomic mass is 10.1. The maximum Gasteiger partial charge on any atom is 0.200 e. The second-order valence-electron chi connectivity index (χ2n) is 4.59. The van der Waals surface area contributed by atoms with Gasteiger partial charge in [-0.1, -0.05) is 18.2 Å². The third-order valence-corrected chi connectivity index (χ3v) is 3.27. The van der Waals surface area contributed by atoms with Crippen LogP contribution in [0.5, 0.6) is 0 Å². The summed E-state index contributed by atoms with van der Waals surface area (Å²) >= 11 is 0. The first kappa shape index (κ1) is 11.7. The minimum atomic E-state index is 0.620. The molecule has 4 aromatic rings. The van der Waals surface area contributed by atoms with E-state index in [4.69, 9.17) is 0 Å². The minimum absolute atomic E-state index is 0.620. The molecule has 0 aliphatic carbocycles. The topological polar surface area (TPSA) is 80.9 Å². The van der Waals surface area contributed by atoms with Gasteiger partial charge in [-0.25, -0.2) is 0 Å². The second-order valence-corrected chi connectivity index (χ2v) is 4.59. The van der Waals surface area contributed by atoms with Gasteiger partial charge in [-0.3, -0.25) is 4.98 Å². The summed E-state index contributed by atoms with van der Waals surface area (Å²) in [5, 5.41) is 19.9. The largest absolute Gasteiger partial charge is 0.364 e. The lowest BCUT2D eigenvalue weighted by Gasteiger charge is -2.08. The molecule has 3 aromatic heterocycles. The van der Waals surface area contributed by atoms with Crippen molar-refractivity contribution in [1.29, 1.82) is 0 Å². The Labute approximate surface area is 119 Å². The number of rotatable bonds is 3. The molecule has 0 aliphatic rings. The van der Waals surface area contributed by atoms with Crippen molar-refractivity contribution >= 4 is 22.4 Å². The van der Waals surface area contributed by atoms with Gasteiger partial charge < -0.3 is 5.32 Å². The molecule has 0 spiro atoms. The maximum absolute atomic E-state index is 4.36. The summed E-state index contributed by atoms with van der Waals surface area (Å²) in [5.74, 6) is 0.718. The molecule has 0 aliphatic heterocycles. The zero-order valence-electron chi connectivity index (χ0n) is 11.0. The summed E-state index contributed by atoms with van der Waals surface area (Å²) in [4.78, 5) is 4.36. The molecule has 4 rings (SSSR count). The van der Waals surface area contributed by atoms with E-state index >= 15 is 0 Å². The van der Waals surface area contributed by atoms with Gasteiger partial charge in [0.1, 0.15) is 5.82 Å². The van der Waals surface area contributed by atoms with Crippen LogP contribution in [0.15, 0.2) is 48.7 Å². The second kappa shape index (κ2) is 4.78. The number of nitrogens with one attached hydrogen (secondary N) is 1. The Morgan fingerprint density at radius 3 is 3.00 bits per heavy atom. The van der Waals surface area contributed by atoms with Crippen molar-refractivity contribution in [2.45, 2.75) is 6.54 Å². The van der Waals surface area contributed by atoms with Crippen LogP contribution in [0, 0.1) is 0 Å². The number of aromatic nitrogens is 6. The Kier molecular flexibility index (Phi) is 2.67. The molecule has 7 heteroatoms. The standard InChI is InChI=1S/C14H11N7/c1-2-4-12-11(3-1)10(7-8-15-12)9-16-13-5-6-14-17-19-20-21(14)18-13/h1-8H,9H2,(H,16,18). The number of tetrazole rings is 1. The highest BCUT2D eigenvalue weighted by molar-refractivity contribution is 5.82. The summed E-state index contributed by atoms with van der Waals surface area (Å²) in [6, 6.07) is 13.8. The number of fused-ring (bicyclic) bond motifs is 2. The number of para-hydroxylation sites is 1. The van der Waals surface area contributed by atoms with Crippen LogP contribution in [0.4, 0.5) is 5.82 Å². The van der Waals surface area contributed by atoms with Gasteiger partial charge in [-0.15, -0.1) is 14.8 Å². The van der Waals surface area contributed by atoms with Crippen LogP contribution in [-0.4, -0.2) is 30.2 Å². The molecule has 0 saturated heterocycles. The highest BCUT2D eigenvalue weighted by Crippen LogP contribution is 2.17. The normalized spacial score (nSPS) is 11.0. The van der Waals surface area contributed by atoms with Crippen LogP contribution in [0.3, 0.4) is 0 Å². The monoisotopic (exact) mass is 277 g/mol. The smallest absolute Gasteiger partial charge is 0.200 e. The summed E-state index contributed by atoms with van der Waals surface area (Å²) in [6.45, 7) is 0.656. The summed E-state index contributed by atoms with van der Waals surface area (Å²) in [6.07, 6.45) is 1.82. The molecule has 0 saturated carbocycles. The molecule has 1 aromatic carbocycles. The van der Waals surface area contributed by atoms with Gasteiger partial charge in [0.25, 0.3) is 0 Å². The van der Waals surface area contributed by atoms with E-state index in [1.807, 2.05) is 42.6 Å². The molecule has 3 heterocycles. The molecule has 0 fully saturated rings. The van der Waals surface area contributed by atoms with Gasteiger partial charge in [0.15, 0.2) is 5.65 Å². The Morgan fingerprint density at radius 1 is 1.05 bits per heavy atom. The summed E-state index contributed by atoms with van der Waals surface area (Å²) in [7, 11) is 0. The number of anilines is 1. The Balaban J connectivity index is 1.63. The van der Waals surface area contributed by atoms with Crippen molar-refractivity contribution in [2.75, 3.05) is 5.32 Å². The van der Waals surface area contributed by atoms with E-state index in [1.54, 1.807) is 0 Å². The van der Waals surface area contributed by atoms with Crippen LogP contribution < -0.4 is 5.32 Å². The third kappa shape index (κ3) is 2.14.